The highest BCUT2D eigenvalue weighted by Crippen LogP contribution is 2.32. The molecule has 25 heavy (non-hydrogen) atoms. The molecule has 2 aliphatic rings. The van der Waals surface area contributed by atoms with Crippen molar-refractivity contribution in [2.45, 2.75) is 38.8 Å². The summed E-state index contributed by atoms with van der Waals surface area (Å²) in [5.41, 5.74) is 2.51. The van der Waals surface area contributed by atoms with Crippen LogP contribution in [0.3, 0.4) is 0 Å². The molecule has 1 fully saturated rings. The van der Waals surface area contributed by atoms with Crippen LogP contribution in [0.15, 0.2) is 18.5 Å². The van der Waals surface area contributed by atoms with Gasteiger partial charge in [0.2, 0.25) is 0 Å². The molecule has 0 saturated heterocycles. The molecular weight excluding hydrogens is 320 g/mol. The maximum atomic E-state index is 13.0. The molecule has 2 aromatic heterocycles. The van der Waals surface area contributed by atoms with Crippen LogP contribution in [0.5, 0.6) is 0 Å². The third-order valence-corrected chi connectivity index (χ3v) is 4.87. The van der Waals surface area contributed by atoms with Crippen LogP contribution in [0.25, 0.3) is 0 Å². The molecule has 1 saturated carbocycles. The minimum absolute atomic E-state index is 0.0633. The first-order chi connectivity index (χ1) is 12.3. The van der Waals surface area contributed by atoms with Gasteiger partial charge in [0, 0.05) is 26.1 Å². The molecule has 0 bridgehead atoms. The molecular formula is C17H22N6O2. The average molecular weight is 342 g/mol. The quantitative estimate of drug-likeness (QED) is 0.785. The summed E-state index contributed by atoms with van der Waals surface area (Å²) in [5, 5.41) is 16.2. The number of hydrogen-bond acceptors (Lipinski definition) is 6. The lowest BCUT2D eigenvalue weighted by molar-refractivity contribution is 0.0354. The van der Waals surface area contributed by atoms with Crippen molar-refractivity contribution < 1.29 is 9.53 Å². The number of rotatable bonds is 6. The number of ether oxygens (including phenoxy) is 1. The Morgan fingerprint density at radius 1 is 1.32 bits per heavy atom. The number of nitrogens with zero attached hydrogens (tertiary/aromatic N) is 6. The van der Waals surface area contributed by atoms with Crippen molar-refractivity contribution in [1.29, 1.82) is 0 Å². The molecule has 1 aliphatic heterocycles. The standard InChI is InChI=1S/C17H22N6O2/c1-2-23-14-6-8-22(17(24)13-5-7-18-19-9-13)15(16(14)20-21-23)11-25-10-12-3-4-12/h5,7,9,12,15H,2-4,6,8,10-11H2,1H3/t15-/m1/s1. The summed E-state index contributed by atoms with van der Waals surface area (Å²) in [4.78, 5) is 14.8. The molecule has 2 aromatic rings. The fourth-order valence-electron chi connectivity index (χ4n) is 3.27. The van der Waals surface area contributed by atoms with Gasteiger partial charge in [-0.3, -0.25) is 4.79 Å². The summed E-state index contributed by atoms with van der Waals surface area (Å²) in [7, 11) is 0. The van der Waals surface area contributed by atoms with Crippen LogP contribution in [-0.2, 0) is 17.7 Å². The molecule has 0 radical (unpaired) electrons. The molecule has 1 amide bonds. The number of carbonyl (C=O) groups excluding carboxylic acids is 1. The first-order valence-electron chi connectivity index (χ1n) is 8.85. The van der Waals surface area contributed by atoms with Crippen molar-refractivity contribution in [2.75, 3.05) is 19.8 Å². The van der Waals surface area contributed by atoms with E-state index in [1.807, 2.05) is 16.5 Å². The zero-order valence-electron chi connectivity index (χ0n) is 14.3. The van der Waals surface area contributed by atoms with E-state index in [1.54, 1.807) is 6.07 Å². The van der Waals surface area contributed by atoms with E-state index >= 15 is 0 Å². The van der Waals surface area contributed by atoms with Gasteiger partial charge in [0.15, 0.2) is 0 Å². The lowest BCUT2D eigenvalue weighted by atomic mass is 10.0. The van der Waals surface area contributed by atoms with Crippen molar-refractivity contribution in [1.82, 2.24) is 30.1 Å². The molecule has 132 valence electrons. The predicted octanol–water partition coefficient (Wildman–Crippen LogP) is 1.25. The predicted molar refractivity (Wildman–Crippen MR) is 88.8 cm³/mol. The smallest absolute Gasteiger partial charge is 0.256 e. The molecule has 1 aliphatic carbocycles. The first-order valence-corrected chi connectivity index (χ1v) is 8.85. The Kier molecular flexibility index (Phi) is 4.44. The topological polar surface area (TPSA) is 86.0 Å². The number of amides is 1. The monoisotopic (exact) mass is 342 g/mol. The Labute approximate surface area is 146 Å². The Morgan fingerprint density at radius 2 is 2.20 bits per heavy atom. The van der Waals surface area contributed by atoms with Gasteiger partial charge in [-0.2, -0.15) is 10.2 Å². The summed E-state index contributed by atoms with van der Waals surface area (Å²) in [6, 6.07) is 1.49. The summed E-state index contributed by atoms with van der Waals surface area (Å²) < 4.78 is 7.83. The van der Waals surface area contributed by atoms with Gasteiger partial charge in [-0.05, 0) is 31.7 Å². The summed E-state index contributed by atoms with van der Waals surface area (Å²) in [6.07, 6.45) is 6.28. The lowest BCUT2D eigenvalue weighted by Crippen LogP contribution is -2.42. The van der Waals surface area contributed by atoms with Gasteiger partial charge in [-0.25, -0.2) is 4.68 Å². The molecule has 8 nitrogen and oxygen atoms in total. The fourth-order valence-corrected chi connectivity index (χ4v) is 3.27. The highest BCUT2D eigenvalue weighted by molar-refractivity contribution is 5.94. The van der Waals surface area contributed by atoms with Crippen LogP contribution in [0, 0.1) is 5.92 Å². The van der Waals surface area contributed by atoms with Gasteiger partial charge in [-0.15, -0.1) is 5.10 Å². The third-order valence-electron chi connectivity index (χ3n) is 4.87. The van der Waals surface area contributed by atoms with Crippen LogP contribution >= 0.6 is 0 Å². The second-order valence-electron chi connectivity index (χ2n) is 6.61. The highest BCUT2D eigenvalue weighted by atomic mass is 16.5. The van der Waals surface area contributed by atoms with Crippen molar-refractivity contribution in [2.24, 2.45) is 5.92 Å². The van der Waals surface area contributed by atoms with E-state index in [0.29, 0.717) is 24.6 Å². The Balaban J connectivity index is 1.58. The maximum absolute atomic E-state index is 13.0. The van der Waals surface area contributed by atoms with Crippen molar-refractivity contribution in [3.63, 3.8) is 0 Å². The summed E-state index contributed by atoms with van der Waals surface area (Å²) in [5.74, 6) is 0.620. The normalized spacial score (nSPS) is 19.7. The van der Waals surface area contributed by atoms with Gasteiger partial charge in [0.1, 0.15) is 11.7 Å². The molecule has 1 atom stereocenters. The number of carbonyl (C=O) groups is 1. The van der Waals surface area contributed by atoms with Crippen LogP contribution < -0.4 is 0 Å². The molecule has 4 rings (SSSR count). The van der Waals surface area contributed by atoms with Crippen LogP contribution in [-0.4, -0.2) is 55.8 Å². The van der Waals surface area contributed by atoms with E-state index in [-0.39, 0.29) is 11.9 Å². The van der Waals surface area contributed by atoms with Crippen LogP contribution in [0.2, 0.25) is 0 Å². The summed E-state index contributed by atoms with van der Waals surface area (Å²) >= 11 is 0. The molecule has 3 heterocycles. The van der Waals surface area contributed by atoms with Gasteiger partial charge in [0.05, 0.1) is 30.3 Å². The Hall–Kier alpha value is -2.35. The zero-order valence-corrected chi connectivity index (χ0v) is 14.3. The molecule has 0 N–H and O–H groups in total. The molecule has 0 unspecified atom stereocenters. The highest BCUT2D eigenvalue weighted by Gasteiger charge is 2.36. The molecule has 0 spiro atoms. The molecule has 8 heteroatoms. The van der Waals surface area contributed by atoms with E-state index in [4.69, 9.17) is 4.74 Å². The van der Waals surface area contributed by atoms with Crippen LogP contribution in [0.4, 0.5) is 0 Å². The van der Waals surface area contributed by atoms with E-state index in [1.165, 1.54) is 25.2 Å². The summed E-state index contributed by atoms with van der Waals surface area (Å²) in [6.45, 7) is 4.66. The van der Waals surface area contributed by atoms with Gasteiger partial charge >= 0.3 is 0 Å². The average Bonchev–Trinajstić information content (AvgIpc) is 3.38. The largest absolute Gasteiger partial charge is 0.379 e. The van der Waals surface area contributed by atoms with Crippen molar-refractivity contribution in [3.8, 4) is 0 Å². The Bertz CT molecular complexity index is 743. The van der Waals surface area contributed by atoms with Crippen molar-refractivity contribution in [3.05, 3.63) is 35.4 Å². The Morgan fingerprint density at radius 3 is 2.92 bits per heavy atom. The zero-order chi connectivity index (χ0) is 17.2. The SMILES string of the molecule is CCn1nnc2c1CCN(C(=O)c1ccnnc1)[C@@H]2COCC1CC1. The number of hydrogen-bond donors (Lipinski definition) is 0. The number of aromatic nitrogens is 5. The second-order valence-corrected chi connectivity index (χ2v) is 6.61. The van der Waals surface area contributed by atoms with Gasteiger partial charge in [-0.1, -0.05) is 5.21 Å². The van der Waals surface area contributed by atoms with E-state index in [0.717, 1.165) is 31.0 Å². The van der Waals surface area contributed by atoms with E-state index in [2.05, 4.69) is 20.5 Å². The fraction of sp³-hybridized carbons (Fsp3) is 0.588. The third kappa shape index (κ3) is 3.26. The second kappa shape index (κ2) is 6.87. The van der Waals surface area contributed by atoms with E-state index < -0.39 is 0 Å². The maximum Gasteiger partial charge on any atom is 0.256 e. The number of aryl methyl sites for hydroxylation is 1. The van der Waals surface area contributed by atoms with Gasteiger partial charge in [0.25, 0.3) is 5.91 Å². The van der Waals surface area contributed by atoms with Crippen molar-refractivity contribution >= 4 is 5.91 Å². The molecule has 0 aromatic carbocycles. The number of fused-ring (bicyclic) bond motifs is 1. The van der Waals surface area contributed by atoms with Gasteiger partial charge < -0.3 is 9.64 Å². The van der Waals surface area contributed by atoms with Crippen LogP contribution in [0.1, 0.15) is 47.6 Å². The first kappa shape index (κ1) is 16.1. The minimum atomic E-state index is -0.205. The van der Waals surface area contributed by atoms with E-state index in [9.17, 15) is 4.79 Å². The minimum Gasteiger partial charge on any atom is -0.379 e. The lowest BCUT2D eigenvalue weighted by Gasteiger charge is -2.34.